The Hall–Kier alpha value is -3.00. The van der Waals surface area contributed by atoms with E-state index in [0.717, 1.165) is 12.1 Å². The van der Waals surface area contributed by atoms with Crippen molar-refractivity contribution < 1.29 is 22.7 Å². The number of rotatable bonds is 3. The topological polar surface area (TPSA) is 66.0 Å². The third kappa shape index (κ3) is 3.75. The van der Waals surface area contributed by atoms with Crippen LogP contribution in [0.25, 0.3) is 22.4 Å². The highest BCUT2D eigenvalue weighted by molar-refractivity contribution is 5.68. The first-order valence-electron chi connectivity index (χ1n) is 7.88. The van der Waals surface area contributed by atoms with Gasteiger partial charge < -0.3 is 10.1 Å². The van der Waals surface area contributed by atoms with Gasteiger partial charge in [0.1, 0.15) is 5.82 Å². The maximum absolute atomic E-state index is 14.1. The summed E-state index contributed by atoms with van der Waals surface area (Å²) >= 11 is 0. The number of benzene rings is 1. The molecule has 0 aliphatic carbocycles. The van der Waals surface area contributed by atoms with Crippen LogP contribution in [0.15, 0.2) is 47.4 Å². The largest absolute Gasteiger partial charge is 0.416 e. The molecular weight excluding hydrogens is 364 g/mol. The highest BCUT2D eigenvalue weighted by Crippen LogP contribution is 2.32. The lowest BCUT2D eigenvalue weighted by atomic mass is 10.0. The Morgan fingerprint density at radius 3 is 2.44 bits per heavy atom. The molecular formula is C19H14F4N2O2. The third-order valence-corrected chi connectivity index (χ3v) is 4.03. The minimum atomic E-state index is -4.64. The Balaban J connectivity index is 2.01. The molecule has 0 aliphatic heterocycles. The molecule has 8 heteroatoms. The first kappa shape index (κ1) is 18.8. The minimum absolute atomic E-state index is 0.0882. The molecule has 0 saturated heterocycles. The summed E-state index contributed by atoms with van der Waals surface area (Å²) in [6.07, 6.45) is -3.32. The van der Waals surface area contributed by atoms with E-state index in [-0.39, 0.29) is 28.9 Å². The number of halogens is 4. The van der Waals surface area contributed by atoms with E-state index in [4.69, 9.17) is 0 Å². The minimum Gasteiger partial charge on any atom is -0.390 e. The van der Waals surface area contributed by atoms with E-state index in [1.165, 1.54) is 24.4 Å². The summed E-state index contributed by atoms with van der Waals surface area (Å²) in [5.74, 6) is -1.05. The van der Waals surface area contributed by atoms with Crippen molar-refractivity contribution in [3.05, 3.63) is 75.6 Å². The molecule has 0 saturated carbocycles. The second kappa shape index (κ2) is 6.96. The van der Waals surface area contributed by atoms with Crippen LogP contribution >= 0.6 is 0 Å². The Morgan fingerprint density at radius 1 is 1.15 bits per heavy atom. The number of nitrogens with one attached hydrogen (secondary N) is 1. The van der Waals surface area contributed by atoms with E-state index in [2.05, 4.69) is 9.97 Å². The molecule has 4 nitrogen and oxygen atoms in total. The lowest BCUT2D eigenvalue weighted by molar-refractivity contribution is -0.137. The highest BCUT2D eigenvalue weighted by Gasteiger charge is 2.31. The van der Waals surface area contributed by atoms with E-state index >= 15 is 0 Å². The van der Waals surface area contributed by atoms with Crippen molar-refractivity contribution in [2.24, 2.45) is 0 Å². The molecule has 27 heavy (non-hydrogen) atoms. The molecule has 0 bridgehead atoms. The van der Waals surface area contributed by atoms with Crippen molar-refractivity contribution >= 4 is 0 Å². The lowest BCUT2D eigenvalue weighted by Crippen LogP contribution is -2.11. The molecule has 0 spiro atoms. The van der Waals surface area contributed by atoms with Gasteiger partial charge in [-0.05, 0) is 31.2 Å². The van der Waals surface area contributed by atoms with E-state index < -0.39 is 17.6 Å². The van der Waals surface area contributed by atoms with Crippen molar-refractivity contribution in [3.8, 4) is 22.4 Å². The van der Waals surface area contributed by atoms with E-state index in [0.29, 0.717) is 23.0 Å². The summed E-state index contributed by atoms with van der Waals surface area (Å²) in [4.78, 5) is 19.2. The molecule has 140 valence electrons. The molecule has 0 amide bonds. The molecule has 0 radical (unpaired) electrons. The van der Waals surface area contributed by atoms with Crippen LogP contribution in [0.2, 0.25) is 0 Å². The van der Waals surface area contributed by atoms with Crippen LogP contribution in [0.5, 0.6) is 0 Å². The van der Waals surface area contributed by atoms with E-state index in [1.54, 1.807) is 6.92 Å². The summed E-state index contributed by atoms with van der Waals surface area (Å²) < 4.78 is 52.0. The number of aliphatic hydroxyl groups excluding tert-OH is 1. The summed E-state index contributed by atoms with van der Waals surface area (Å²) in [6, 6.07) is 6.48. The Morgan fingerprint density at radius 2 is 1.89 bits per heavy atom. The van der Waals surface area contributed by atoms with Gasteiger partial charge >= 0.3 is 6.18 Å². The second-order valence-corrected chi connectivity index (χ2v) is 5.95. The number of aromatic nitrogens is 2. The summed E-state index contributed by atoms with van der Waals surface area (Å²) in [5, 5.41) is 9.46. The van der Waals surface area contributed by atoms with Crippen molar-refractivity contribution in [2.45, 2.75) is 19.7 Å². The first-order chi connectivity index (χ1) is 12.7. The standard InChI is InChI=1S/C19H14F4N2O2/c1-10-6-17(27)18(16(9-26)25-10)11-2-5-15(24-8-11)13-4-3-12(7-14(13)20)19(21,22)23/h2-8,26H,9H2,1H3,(H,25,27). The molecule has 1 aromatic carbocycles. The van der Waals surface area contributed by atoms with Crippen molar-refractivity contribution in [2.75, 3.05) is 0 Å². The van der Waals surface area contributed by atoms with Crippen molar-refractivity contribution in [1.29, 1.82) is 0 Å². The van der Waals surface area contributed by atoms with E-state index in [1.807, 2.05) is 0 Å². The van der Waals surface area contributed by atoms with Gasteiger partial charge in [-0.15, -0.1) is 0 Å². The SMILES string of the molecule is Cc1cc(=O)c(-c2ccc(-c3ccc(C(F)(F)F)cc3F)nc2)c(CO)[nH]1. The fourth-order valence-electron chi connectivity index (χ4n) is 2.79. The Bertz CT molecular complexity index is 1040. The number of aryl methyl sites for hydroxylation is 1. The zero-order valence-corrected chi connectivity index (χ0v) is 14.1. The smallest absolute Gasteiger partial charge is 0.390 e. The molecule has 2 N–H and O–H groups in total. The zero-order chi connectivity index (χ0) is 19.8. The van der Waals surface area contributed by atoms with Crippen molar-refractivity contribution in [1.82, 2.24) is 9.97 Å². The summed E-state index contributed by atoms with van der Waals surface area (Å²) in [6.45, 7) is 1.29. The van der Waals surface area contributed by atoms with Crippen LogP contribution in [0.3, 0.4) is 0 Å². The van der Waals surface area contributed by atoms with Gasteiger partial charge in [-0.3, -0.25) is 9.78 Å². The zero-order valence-electron chi connectivity index (χ0n) is 14.1. The molecule has 0 unspecified atom stereocenters. The molecule has 3 rings (SSSR count). The van der Waals surface area contributed by atoms with Gasteiger partial charge in [-0.25, -0.2) is 4.39 Å². The van der Waals surface area contributed by atoms with Crippen LogP contribution in [-0.4, -0.2) is 15.1 Å². The Kier molecular flexibility index (Phi) is 4.84. The number of hydrogen-bond acceptors (Lipinski definition) is 3. The third-order valence-electron chi connectivity index (χ3n) is 4.03. The predicted molar refractivity (Wildman–Crippen MR) is 91.3 cm³/mol. The molecule has 0 aliphatic rings. The number of hydrogen-bond donors (Lipinski definition) is 2. The average molecular weight is 378 g/mol. The van der Waals surface area contributed by atoms with Crippen LogP contribution in [0.1, 0.15) is 17.0 Å². The van der Waals surface area contributed by atoms with Gasteiger partial charge in [0.2, 0.25) is 0 Å². The highest BCUT2D eigenvalue weighted by atomic mass is 19.4. The summed E-state index contributed by atoms with van der Waals surface area (Å²) in [7, 11) is 0. The first-order valence-corrected chi connectivity index (χ1v) is 7.88. The molecule has 2 heterocycles. The number of aromatic amines is 1. The maximum Gasteiger partial charge on any atom is 0.416 e. The maximum atomic E-state index is 14.1. The molecule has 2 aromatic heterocycles. The summed E-state index contributed by atoms with van der Waals surface area (Å²) in [5.41, 5.74) is 0.171. The molecule has 0 fully saturated rings. The number of pyridine rings is 2. The quantitative estimate of drug-likeness (QED) is 0.676. The van der Waals surface area contributed by atoms with E-state index in [9.17, 15) is 27.5 Å². The monoisotopic (exact) mass is 378 g/mol. The van der Waals surface area contributed by atoms with Gasteiger partial charge in [0, 0.05) is 29.1 Å². The number of H-pyrrole nitrogens is 1. The number of nitrogens with zero attached hydrogens (tertiary/aromatic N) is 1. The van der Waals surface area contributed by atoms with Gasteiger partial charge in [-0.1, -0.05) is 6.07 Å². The fraction of sp³-hybridized carbons (Fsp3) is 0.158. The second-order valence-electron chi connectivity index (χ2n) is 5.95. The normalized spacial score (nSPS) is 11.6. The van der Waals surface area contributed by atoms with Gasteiger partial charge in [0.05, 0.1) is 29.1 Å². The van der Waals surface area contributed by atoms with Gasteiger partial charge in [0.15, 0.2) is 5.43 Å². The van der Waals surface area contributed by atoms with Crippen LogP contribution in [0, 0.1) is 12.7 Å². The van der Waals surface area contributed by atoms with Gasteiger partial charge in [0.25, 0.3) is 0 Å². The Labute approximate surface area is 151 Å². The van der Waals surface area contributed by atoms with Crippen LogP contribution < -0.4 is 5.43 Å². The molecule has 0 atom stereocenters. The number of alkyl halides is 3. The number of aliphatic hydroxyl groups is 1. The predicted octanol–water partition coefficient (Wildman–Crippen LogP) is 4.06. The van der Waals surface area contributed by atoms with Crippen LogP contribution in [0.4, 0.5) is 17.6 Å². The fourth-order valence-corrected chi connectivity index (χ4v) is 2.79. The van der Waals surface area contributed by atoms with Gasteiger partial charge in [-0.2, -0.15) is 13.2 Å². The average Bonchev–Trinajstić information content (AvgIpc) is 2.60. The van der Waals surface area contributed by atoms with Crippen LogP contribution in [-0.2, 0) is 12.8 Å². The molecule has 3 aromatic rings. The lowest BCUT2D eigenvalue weighted by Gasteiger charge is -2.10. The van der Waals surface area contributed by atoms with Crippen molar-refractivity contribution in [3.63, 3.8) is 0 Å².